The van der Waals surface area contributed by atoms with Crippen LogP contribution in [0.25, 0.3) is 0 Å². The summed E-state index contributed by atoms with van der Waals surface area (Å²) in [6, 6.07) is 0. The second-order valence-corrected chi connectivity index (χ2v) is 5.31. The van der Waals surface area contributed by atoms with Gasteiger partial charge < -0.3 is 14.2 Å². The molecule has 0 aromatic carbocycles. The van der Waals surface area contributed by atoms with Crippen molar-refractivity contribution in [3.05, 3.63) is 0 Å². The van der Waals surface area contributed by atoms with Crippen molar-refractivity contribution in [2.24, 2.45) is 0 Å². The van der Waals surface area contributed by atoms with Gasteiger partial charge in [0.2, 0.25) is 0 Å². The van der Waals surface area contributed by atoms with Gasteiger partial charge >= 0.3 is 0 Å². The molecule has 0 amide bonds. The lowest BCUT2D eigenvalue weighted by atomic mass is 10.2. The first kappa shape index (κ1) is 18.9. The number of rotatable bonds is 14. The molecule has 116 valence electrons. The lowest BCUT2D eigenvalue weighted by molar-refractivity contribution is -0.0576. The van der Waals surface area contributed by atoms with Gasteiger partial charge in [-0.05, 0) is 26.7 Å². The predicted octanol–water partition coefficient (Wildman–Crippen LogP) is 4.19. The molecule has 0 saturated carbocycles. The number of hydrogen-bond donors (Lipinski definition) is 0. The van der Waals surface area contributed by atoms with E-state index >= 15 is 0 Å². The Kier molecular flexibility index (Phi) is 14.2. The molecule has 0 spiro atoms. The SMILES string of the molecule is CCCCCCOC(C)COC(C)COCCCC. The molecule has 0 N–H and O–H groups in total. The summed E-state index contributed by atoms with van der Waals surface area (Å²) in [7, 11) is 0. The summed E-state index contributed by atoms with van der Waals surface area (Å²) in [5.41, 5.74) is 0. The second-order valence-electron chi connectivity index (χ2n) is 5.31. The van der Waals surface area contributed by atoms with Gasteiger partial charge in [-0.1, -0.05) is 39.5 Å². The maximum Gasteiger partial charge on any atom is 0.0781 e. The van der Waals surface area contributed by atoms with E-state index in [9.17, 15) is 0 Å². The van der Waals surface area contributed by atoms with Crippen LogP contribution in [-0.2, 0) is 14.2 Å². The van der Waals surface area contributed by atoms with E-state index in [0.717, 1.165) is 26.1 Å². The molecule has 3 nitrogen and oxygen atoms in total. The molecule has 0 bridgehead atoms. The standard InChI is InChI=1S/C16H34O3/c1-5-7-9-10-12-18-16(4)14-19-15(3)13-17-11-8-6-2/h15-16H,5-14H2,1-4H3. The number of hydrogen-bond acceptors (Lipinski definition) is 3. The predicted molar refractivity (Wildman–Crippen MR) is 80.7 cm³/mol. The van der Waals surface area contributed by atoms with Crippen molar-refractivity contribution >= 4 is 0 Å². The molecule has 0 heterocycles. The first-order chi connectivity index (χ1) is 9.20. The van der Waals surface area contributed by atoms with Gasteiger partial charge in [0.1, 0.15) is 0 Å². The fourth-order valence-corrected chi connectivity index (χ4v) is 1.71. The topological polar surface area (TPSA) is 27.7 Å². The second kappa shape index (κ2) is 14.3. The van der Waals surface area contributed by atoms with Crippen LogP contribution >= 0.6 is 0 Å². The Morgan fingerprint density at radius 2 is 1.37 bits per heavy atom. The maximum absolute atomic E-state index is 5.72. The minimum atomic E-state index is 0.156. The van der Waals surface area contributed by atoms with Gasteiger partial charge in [0, 0.05) is 13.2 Å². The van der Waals surface area contributed by atoms with E-state index in [-0.39, 0.29) is 12.2 Å². The summed E-state index contributed by atoms with van der Waals surface area (Å²) in [5.74, 6) is 0. The zero-order valence-corrected chi connectivity index (χ0v) is 13.5. The highest BCUT2D eigenvalue weighted by molar-refractivity contribution is 4.53. The first-order valence-electron chi connectivity index (χ1n) is 8.01. The highest BCUT2D eigenvalue weighted by Crippen LogP contribution is 2.02. The zero-order valence-electron chi connectivity index (χ0n) is 13.5. The van der Waals surface area contributed by atoms with E-state index in [2.05, 4.69) is 27.7 Å². The third-order valence-corrected chi connectivity index (χ3v) is 3.01. The highest BCUT2D eigenvalue weighted by atomic mass is 16.6. The van der Waals surface area contributed by atoms with Crippen LogP contribution in [0.2, 0.25) is 0 Å². The van der Waals surface area contributed by atoms with E-state index in [0.29, 0.717) is 13.2 Å². The van der Waals surface area contributed by atoms with Crippen molar-refractivity contribution in [3.8, 4) is 0 Å². The normalized spacial score (nSPS) is 14.5. The third kappa shape index (κ3) is 14.1. The summed E-state index contributed by atoms with van der Waals surface area (Å²) in [6.07, 6.45) is 7.65. The van der Waals surface area contributed by atoms with Gasteiger partial charge in [0.25, 0.3) is 0 Å². The molecular formula is C16H34O3. The molecule has 2 unspecified atom stereocenters. The molecule has 19 heavy (non-hydrogen) atoms. The molecule has 3 heteroatoms. The van der Waals surface area contributed by atoms with Gasteiger partial charge in [0.15, 0.2) is 0 Å². The van der Waals surface area contributed by atoms with Crippen LogP contribution in [0.4, 0.5) is 0 Å². The summed E-state index contributed by atoms with van der Waals surface area (Å²) in [5, 5.41) is 0. The van der Waals surface area contributed by atoms with Gasteiger partial charge in [-0.2, -0.15) is 0 Å². The van der Waals surface area contributed by atoms with Gasteiger partial charge in [-0.25, -0.2) is 0 Å². The lowest BCUT2D eigenvalue weighted by Crippen LogP contribution is -2.23. The maximum atomic E-state index is 5.72. The van der Waals surface area contributed by atoms with Crippen LogP contribution in [0.5, 0.6) is 0 Å². The molecule has 0 aliphatic carbocycles. The zero-order chi connectivity index (χ0) is 14.3. The molecule has 0 rings (SSSR count). The quantitative estimate of drug-likeness (QED) is 0.444. The first-order valence-corrected chi connectivity index (χ1v) is 8.01. The van der Waals surface area contributed by atoms with Crippen molar-refractivity contribution in [2.75, 3.05) is 26.4 Å². The fourth-order valence-electron chi connectivity index (χ4n) is 1.71. The van der Waals surface area contributed by atoms with Crippen molar-refractivity contribution in [1.82, 2.24) is 0 Å². The smallest absolute Gasteiger partial charge is 0.0781 e. The van der Waals surface area contributed by atoms with Gasteiger partial charge in [-0.3, -0.25) is 0 Å². The van der Waals surface area contributed by atoms with E-state index in [1.807, 2.05) is 0 Å². The Labute approximate surface area is 120 Å². The van der Waals surface area contributed by atoms with Crippen molar-refractivity contribution in [2.45, 2.75) is 78.4 Å². The summed E-state index contributed by atoms with van der Waals surface area (Å²) in [4.78, 5) is 0. The number of ether oxygens (including phenoxy) is 3. The third-order valence-electron chi connectivity index (χ3n) is 3.01. The molecule has 0 aliphatic rings. The summed E-state index contributed by atoms with van der Waals surface area (Å²) < 4.78 is 17.0. The summed E-state index contributed by atoms with van der Waals surface area (Å²) in [6.45, 7) is 11.6. The monoisotopic (exact) mass is 274 g/mol. The Morgan fingerprint density at radius 1 is 0.684 bits per heavy atom. The molecule has 2 atom stereocenters. The molecule has 0 aliphatic heterocycles. The fraction of sp³-hybridized carbons (Fsp3) is 1.00. The molecule has 0 radical (unpaired) electrons. The Morgan fingerprint density at radius 3 is 2.05 bits per heavy atom. The molecule has 0 fully saturated rings. The van der Waals surface area contributed by atoms with Crippen LogP contribution in [0.3, 0.4) is 0 Å². The van der Waals surface area contributed by atoms with Gasteiger partial charge in [-0.15, -0.1) is 0 Å². The van der Waals surface area contributed by atoms with Crippen molar-refractivity contribution in [3.63, 3.8) is 0 Å². The van der Waals surface area contributed by atoms with Crippen molar-refractivity contribution in [1.29, 1.82) is 0 Å². The van der Waals surface area contributed by atoms with E-state index in [4.69, 9.17) is 14.2 Å². The molecule has 0 aromatic heterocycles. The Balaban J connectivity index is 3.32. The lowest BCUT2D eigenvalue weighted by Gasteiger charge is -2.17. The van der Waals surface area contributed by atoms with Crippen molar-refractivity contribution < 1.29 is 14.2 Å². The minimum absolute atomic E-state index is 0.156. The molecular weight excluding hydrogens is 240 g/mol. The van der Waals surface area contributed by atoms with E-state index in [1.165, 1.54) is 25.7 Å². The average Bonchev–Trinajstić information content (AvgIpc) is 2.41. The van der Waals surface area contributed by atoms with Crippen LogP contribution in [0.1, 0.15) is 66.2 Å². The average molecular weight is 274 g/mol. The van der Waals surface area contributed by atoms with Crippen LogP contribution < -0.4 is 0 Å². The minimum Gasteiger partial charge on any atom is -0.379 e. The largest absolute Gasteiger partial charge is 0.379 e. The number of unbranched alkanes of at least 4 members (excludes halogenated alkanes) is 4. The van der Waals surface area contributed by atoms with Gasteiger partial charge in [0.05, 0.1) is 25.4 Å². The summed E-state index contributed by atoms with van der Waals surface area (Å²) >= 11 is 0. The Hall–Kier alpha value is -0.120. The van der Waals surface area contributed by atoms with Crippen LogP contribution in [0.15, 0.2) is 0 Å². The molecule has 0 saturated heterocycles. The van der Waals surface area contributed by atoms with E-state index < -0.39 is 0 Å². The van der Waals surface area contributed by atoms with E-state index in [1.54, 1.807) is 0 Å². The molecule has 0 aromatic rings. The van der Waals surface area contributed by atoms with Crippen LogP contribution in [-0.4, -0.2) is 38.6 Å². The Bertz CT molecular complexity index is 173. The highest BCUT2D eigenvalue weighted by Gasteiger charge is 2.07. The van der Waals surface area contributed by atoms with Crippen LogP contribution in [0, 0.1) is 0 Å².